The van der Waals surface area contributed by atoms with E-state index in [9.17, 15) is 4.79 Å². The summed E-state index contributed by atoms with van der Waals surface area (Å²) in [7, 11) is 0. The smallest absolute Gasteiger partial charge is 0.228 e. The Morgan fingerprint density at radius 2 is 2.00 bits per heavy atom. The molecule has 0 unspecified atom stereocenters. The average Bonchev–Trinajstić information content (AvgIpc) is 2.64. The molecule has 0 fully saturated rings. The lowest BCUT2D eigenvalue weighted by Gasteiger charge is -2.08. The Bertz CT molecular complexity index is 553. The largest absolute Gasteiger partial charge is 0.326 e. The van der Waals surface area contributed by atoms with Crippen LogP contribution in [-0.4, -0.2) is 16.1 Å². The lowest BCUT2D eigenvalue weighted by Crippen LogP contribution is -2.15. The van der Waals surface area contributed by atoms with Crippen molar-refractivity contribution in [2.24, 2.45) is 0 Å². The third-order valence-electron chi connectivity index (χ3n) is 3.04. The monoisotopic (exact) mass is 243 g/mol. The van der Waals surface area contributed by atoms with Crippen molar-refractivity contribution in [1.82, 2.24) is 10.2 Å². The van der Waals surface area contributed by atoms with Gasteiger partial charge in [0.15, 0.2) is 0 Å². The van der Waals surface area contributed by atoms with Crippen molar-refractivity contribution in [3.8, 4) is 0 Å². The Balaban J connectivity index is 2.08. The zero-order chi connectivity index (χ0) is 13.1. The van der Waals surface area contributed by atoms with E-state index in [1.54, 1.807) is 0 Å². The quantitative estimate of drug-likeness (QED) is 0.870. The van der Waals surface area contributed by atoms with Crippen molar-refractivity contribution in [3.05, 3.63) is 46.8 Å². The number of amides is 1. The maximum absolute atomic E-state index is 12.0. The molecule has 1 aromatic heterocycles. The van der Waals surface area contributed by atoms with Gasteiger partial charge in [-0.05, 0) is 32.4 Å². The second-order valence-electron chi connectivity index (χ2n) is 4.45. The van der Waals surface area contributed by atoms with Gasteiger partial charge >= 0.3 is 0 Å². The maximum Gasteiger partial charge on any atom is 0.228 e. The number of aryl methyl sites for hydroxylation is 3. The molecule has 0 saturated heterocycles. The summed E-state index contributed by atoms with van der Waals surface area (Å²) >= 11 is 0. The molecule has 1 amide bonds. The molecule has 18 heavy (non-hydrogen) atoms. The first-order valence-electron chi connectivity index (χ1n) is 5.94. The van der Waals surface area contributed by atoms with E-state index in [2.05, 4.69) is 15.5 Å². The van der Waals surface area contributed by atoms with Crippen LogP contribution in [0, 0.1) is 20.8 Å². The average molecular weight is 243 g/mol. The molecular formula is C14H17N3O. The number of para-hydroxylation sites is 1. The Labute approximate surface area is 106 Å². The summed E-state index contributed by atoms with van der Waals surface area (Å²) in [5.41, 5.74) is 4.73. The van der Waals surface area contributed by atoms with E-state index >= 15 is 0 Å². The van der Waals surface area contributed by atoms with Gasteiger partial charge in [0.25, 0.3) is 0 Å². The Hall–Kier alpha value is -2.10. The molecule has 0 aliphatic heterocycles. The van der Waals surface area contributed by atoms with Crippen molar-refractivity contribution in [2.75, 3.05) is 5.32 Å². The van der Waals surface area contributed by atoms with Gasteiger partial charge in [-0.2, -0.15) is 5.10 Å². The third-order valence-corrected chi connectivity index (χ3v) is 3.04. The molecule has 0 saturated carbocycles. The number of hydrogen-bond acceptors (Lipinski definition) is 2. The van der Waals surface area contributed by atoms with Gasteiger partial charge in [0.05, 0.1) is 12.1 Å². The molecule has 1 aromatic carbocycles. The molecule has 1 heterocycles. The molecule has 0 bridgehead atoms. The Kier molecular flexibility index (Phi) is 3.46. The zero-order valence-electron chi connectivity index (χ0n) is 10.9. The third kappa shape index (κ3) is 2.59. The van der Waals surface area contributed by atoms with Gasteiger partial charge in [-0.1, -0.05) is 18.2 Å². The van der Waals surface area contributed by atoms with Crippen LogP contribution in [0.1, 0.15) is 22.5 Å². The van der Waals surface area contributed by atoms with Crippen LogP contribution in [0.3, 0.4) is 0 Å². The molecule has 0 aliphatic rings. The van der Waals surface area contributed by atoms with Crippen LogP contribution in [-0.2, 0) is 11.2 Å². The summed E-state index contributed by atoms with van der Waals surface area (Å²) < 4.78 is 0. The fraction of sp³-hybridized carbons (Fsp3) is 0.286. The summed E-state index contributed by atoms with van der Waals surface area (Å²) in [6.07, 6.45) is 0.350. The van der Waals surface area contributed by atoms with Crippen molar-refractivity contribution in [2.45, 2.75) is 27.2 Å². The highest BCUT2D eigenvalue weighted by Gasteiger charge is 2.11. The zero-order valence-corrected chi connectivity index (χ0v) is 10.9. The van der Waals surface area contributed by atoms with Gasteiger partial charge in [0, 0.05) is 16.9 Å². The minimum atomic E-state index is -0.0168. The fourth-order valence-electron chi connectivity index (χ4n) is 1.90. The number of nitrogens with zero attached hydrogens (tertiary/aromatic N) is 1. The molecule has 2 aromatic rings. The molecule has 0 aliphatic carbocycles. The summed E-state index contributed by atoms with van der Waals surface area (Å²) in [5, 5.41) is 9.90. The van der Waals surface area contributed by atoms with E-state index in [0.29, 0.717) is 6.42 Å². The highest BCUT2D eigenvalue weighted by Crippen LogP contribution is 2.15. The van der Waals surface area contributed by atoms with Gasteiger partial charge < -0.3 is 5.32 Å². The number of anilines is 1. The maximum atomic E-state index is 12.0. The van der Waals surface area contributed by atoms with E-state index in [4.69, 9.17) is 0 Å². The highest BCUT2D eigenvalue weighted by atomic mass is 16.1. The van der Waals surface area contributed by atoms with Crippen molar-refractivity contribution in [1.29, 1.82) is 0 Å². The van der Waals surface area contributed by atoms with Crippen molar-refractivity contribution < 1.29 is 4.79 Å². The SMILES string of the molecule is Cc1ccccc1NC(=O)Cc1c(C)n[nH]c1C. The number of benzene rings is 1. The van der Waals surface area contributed by atoms with E-state index in [1.165, 1.54) is 0 Å². The second kappa shape index (κ2) is 5.04. The number of aromatic nitrogens is 2. The van der Waals surface area contributed by atoms with Crippen LogP contribution in [0.2, 0.25) is 0 Å². The molecule has 0 radical (unpaired) electrons. The molecule has 4 heteroatoms. The van der Waals surface area contributed by atoms with Crippen LogP contribution >= 0.6 is 0 Å². The summed E-state index contributed by atoms with van der Waals surface area (Å²) in [6, 6.07) is 7.75. The summed E-state index contributed by atoms with van der Waals surface area (Å²) in [5.74, 6) is -0.0168. The van der Waals surface area contributed by atoms with Gasteiger partial charge in [0.1, 0.15) is 0 Å². The second-order valence-corrected chi connectivity index (χ2v) is 4.45. The number of carbonyl (C=O) groups excluding carboxylic acids is 1. The van der Waals surface area contributed by atoms with Crippen LogP contribution in [0.15, 0.2) is 24.3 Å². The van der Waals surface area contributed by atoms with Crippen LogP contribution < -0.4 is 5.32 Å². The van der Waals surface area contributed by atoms with Gasteiger partial charge in [0.2, 0.25) is 5.91 Å². The number of carbonyl (C=O) groups is 1. The van der Waals surface area contributed by atoms with E-state index in [1.807, 2.05) is 45.0 Å². The summed E-state index contributed by atoms with van der Waals surface area (Å²) in [6.45, 7) is 5.81. The number of hydrogen-bond donors (Lipinski definition) is 2. The lowest BCUT2D eigenvalue weighted by atomic mass is 10.1. The van der Waals surface area contributed by atoms with Crippen LogP contribution in [0.4, 0.5) is 5.69 Å². The Morgan fingerprint density at radius 3 is 2.61 bits per heavy atom. The molecule has 4 nitrogen and oxygen atoms in total. The van der Waals surface area contributed by atoms with Crippen molar-refractivity contribution in [3.63, 3.8) is 0 Å². The molecular weight excluding hydrogens is 226 g/mol. The van der Waals surface area contributed by atoms with E-state index in [-0.39, 0.29) is 5.91 Å². The normalized spacial score (nSPS) is 10.4. The fourth-order valence-corrected chi connectivity index (χ4v) is 1.90. The number of H-pyrrole nitrogens is 1. The van der Waals surface area contributed by atoms with Crippen LogP contribution in [0.5, 0.6) is 0 Å². The first-order chi connectivity index (χ1) is 8.58. The number of aromatic amines is 1. The standard InChI is InChI=1S/C14H17N3O/c1-9-6-4-5-7-13(9)15-14(18)8-12-10(2)16-17-11(12)3/h4-7H,8H2,1-3H3,(H,15,18)(H,16,17). The Morgan fingerprint density at radius 1 is 1.28 bits per heavy atom. The first kappa shape index (κ1) is 12.4. The van der Waals surface area contributed by atoms with E-state index in [0.717, 1.165) is 28.2 Å². The van der Waals surface area contributed by atoms with E-state index < -0.39 is 0 Å². The predicted molar refractivity (Wildman–Crippen MR) is 71.6 cm³/mol. The lowest BCUT2D eigenvalue weighted by molar-refractivity contribution is -0.115. The molecule has 0 atom stereocenters. The highest BCUT2D eigenvalue weighted by molar-refractivity contribution is 5.93. The molecule has 0 spiro atoms. The summed E-state index contributed by atoms with van der Waals surface area (Å²) in [4.78, 5) is 12.0. The number of nitrogens with one attached hydrogen (secondary N) is 2. The minimum absolute atomic E-state index is 0.0168. The first-order valence-corrected chi connectivity index (χ1v) is 5.94. The minimum Gasteiger partial charge on any atom is -0.326 e. The van der Waals surface area contributed by atoms with Gasteiger partial charge in [-0.3, -0.25) is 9.89 Å². The van der Waals surface area contributed by atoms with Crippen LogP contribution in [0.25, 0.3) is 0 Å². The number of rotatable bonds is 3. The van der Waals surface area contributed by atoms with Gasteiger partial charge in [-0.15, -0.1) is 0 Å². The van der Waals surface area contributed by atoms with Gasteiger partial charge in [-0.25, -0.2) is 0 Å². The topological polar surface area (TPSA) is 57.8 Å². The predicted octanol–water partition coefficient (Wildman–Crippen LogP) is 2.52. The molecule has 2 N–H and O–H groups in total. The van der Waals surface area contributed by atoms with Crippen molar-refractivity contribution >= 4 is 11.6 Å². The molecule has 94 valence electrons. The molecule has 2 rings (SSSR count).